The SMILES string of the molecule is C/C=C\CC.CC.COC/C=C/c1cnc(Cc2ccc(/C=C/C(=O)O)cc2)[nH]1. The molecule has 5 nitrogen and oxygen atoms in total. The second kappa shape index (κ2) is 17.2. The van der Waals surface area contributed by atoms with Crippen LogP contribution in [0.4, 0.5) is 0 Å². The van der Waals surface area contributed by atoms with Crippen molar-refractivity contribution in [1.29, 1.82) is 0 Å². The van der Waals surface area contributed by atoms with Crippen molar-refractivity contribution in [2.24, 2.45) is 0 Å². The van der Waals surface area contributed by atoms with Gasteiger partial charge in [0.05, 0.1) is 18.5 Å². The summed E-state index contributed by atoms with van der Waals surface area (Å²) < 4.78 is 4.95. The van der Waals surface area contributed by atoms with Crippen molar-refractivity contribution in [2.75, 3.05) is 13.7 Å². The lowest BCUT2D eigenvalue weighted by Crippen LogP contribution is -1.91. The number of aromatic amines is 1. The van der Waals surface area contributed by atoms with Crippen LogP contribution in [0.5, 0.6) is 0 Å². The van der Waals surface area contributed by atoms with Crippen LogP contribution in [0.1, 0.15) is 56.8 Å². The molecule has 0 aliphatic carbocycles. The first-order chi connectivity index (χ1) is 14.1. The van der Waals surface area contributed by atoms with Crippen molar-refractivity contribution in [3.05, 3.63) is 77.4 Å². The molecule has 158 valence electrons. The van der Waals surface area contributed by atoms with Crippen LogP contribution in [0.3, 0.4) is 0 Å². The topological polar surface area (TPSA) is 75.2 Å². The summed E-state index contributed by atoms with van der Waals surface area (Å²) in [6.45, 7) is 8.73. The molecule has 29 heavy (non-hydrogen) atoms. The molecule has 2 N–H and O–H groups in total. The highest BCUT2D eigenvalue weighted by atomic mass is 16.5. The van der Waals surface area contributed by atoms with Gasteiger partial charge in [0.25, 0.3) is 0 Å². The Balaban J connectivity index is 0.000000977. The lowest BCUT2D eigenvalue weighted by atomic mass is 10.1. The molecule has 1 aromatic heterocycles. The number of imidazole rings is 1. The van der Waals surface area contributed by atoms with Crippen molar-refractivity contribution in [2.45, 2.75) is 40.5 Å². The van der Waals surface area contributed by atoms with Crippen LogP contribution in [0.2, 0.25) is 0 Å². The lowest BCUT2D eigenvalue weighted by molar-refractivity contribution is -0.131. The van der Waals surface area contributed by atoms with Gasteiger partial charge in [0.1, 0.15) is 5.82 Å². The highest BCUT2D eigenvalue weighted by Gasteiger charge is 2.01. The first kappa shape index (κ1) is 26.1. The van der Waals surface area contributed by atoms with Gasteiger partial charge in [0.2, 0.25) is 0 Å². The smallest absolute Gasteiger partial charge is 0.328 e. The number of benzene rings is 1. The van der Waals surface area contributed by atoms with E-state index in [-0.39, 0.29) is 0 Å². The maximum absolute atomic E-state index is 10.5. The molecule has 1 heterocycles. The number of hydrogen-bond donors (Lipinski definition) is 2. The Morgan fingerprint density at radius 3 is 2.38 bits per heavy atom. The zero-order valence-corrected chi connectivity index (χ0v) is 18.2. The van der Waals surface area contributed by atoms with Gasteiger partial charge in [-0.1, -0.05) is 63.3 Å². The zero-order chi connectivity index (χ0) is 21.9. The number of carboxylic acids is 1. The van der Waals surface area contributed by atoms with Gasteiger partial charge in [-0.05, 0) is 36.6 Å². The predicted molar refractivity (Wildman–Crippen MR) is 122 cm³/mol. The zero-order valence-electron chi connectivity index (χ0n) is 18.2. The van der Waals surface area contributed by atoms with Gasteiger partial charge in [0.15, 0.2) is 0 Å². The van der Waals surface area contributed by atoms with E-state index in [1.165, 1.54) is 0 Å². The molecule has 0 amide bonds. The minimum absolute atomic E-state index is 0.569. The Morgan fingerprint density at radius 1 is 1.17 bits per heavy atom. The fourth-order valence-corrected chi connectivity index (χ4v) is 2.17. The fraction of sp³-hybridized carbons (Fsp3) is 0.333. The third kappa shape index (κ3) is 13.0. The van der Waals surface area contributed by atoms with Crippen molar-refractivity contribution in [3.8, 4) is 0 Å². The molecule has 0 fully saturated rings. The molecular weight excluding hydrogens is 364 g/mol. The number of rotatable bonds is 8. The maximum Gasteiger partial charge on any atom is 0.328 e. The molecule has 0 saturated carbocycles. The number of hydrogen-bond acceptors (Lipinski definition) is 3. The van der Waals surface area contributed by atoms with E-state index in [1.807, 2.05) is 57.2 Å². The van der Waals surface area contributed by atoms with E-state index in [0.29, 0.717) is 13.0 Å². The Morgan fingerprint density at radius 2 is 1.86 bits per heavy atom. The molecule has 0 spiro atoms. The molecule has 0 unspecified atom stereocenters. The van der Waals surface area contributed by atoms with Crippen molar-refractivity contribution < 1.29 is 14.6 Å². The number of allylic oxidation sites excluding steroid dienone is 2. The summed E-state index contributed by atoms with van der Waals surface area (Å²) in [6.07, 6.45) is 14.4. The van der Waals surface area contributed by atoms with Gasteiger partial charge in [-0.25, -0.2) is 9.78 Å². The lowest BCUT2D eigenvalue weighted by Gasteiger charge is -1.99. The number of ether oxygens (including phenoxy) is 1. The number of carboxylic acid groups (broad SMARTS) is 1. The predicted octanol–water partition coefficient (Wildman–Crippen LogP) is 5.76. The summed E-state index contributed by atoms with van der Waals surface area (Å²) >= 11 is 0. The fourth-order valence-electron chi connectivity index (χ4n) is 2.17. The van der Waals surface area contributed by atoms with Crippen LogP contribution in [0.15, 0.2) is 54.8 Å². The molecule has 2 aromatic rings. The second-order valence-corrected chi connectivity index (χ2v) is 5.71. The standard InChI is InChI=1S/C17H18N2O3.C5H10.C2H6/c1-22-10-2-3-15-12-18-16(19-15)11-14-6-4-13(5-7-14)8-9-17(20)21;1-3-5-4-2;1-2/h2-9,12H,10-11H2,1H3,(H,18,19)(H,20,21);3,5H,4H2,1-2H3;1-2H3/b3-2+,9-8+;5-3-;. The molecular formula is C24H34N2O3. The van der Waals surface area contributed by atoms with E-state index in [2.05, 4.69) is 29.0 Å². The molecule has 5 heteroatoms. The normalized spacial score (nSPS) is 10.7. The summed E-state index contributed by atoms with van der Waals surface area (Å²) in [5.74, 6) is -0.0698. The second-order valence-electron chi connectivity index (χ2n) is 5.71. The highest BCUT2D eigenvalue weighted by molar-refractivity contribution is 5.85. The van der Waals surface area contributed by atoms with Crippen LogP contribution in [0, 0.1) is 0 Å². The molecule has 0 atom stereocenters. The summed E-state index contributed by atoms with van der Waals surface area (Å²) in [6, 6.07) is 7.70. The van der Waals surface area contributed by atoms with Gasteiger partial charge in [-0.15, -0.1) is 0 Å². The average Bonchev–Trinajstić information content (AvgIpc) is 3.17. The van der Waals surface area contributed by atoms with Gasteiger partial charge < -0.3 is 14.8 Å². The molecule has 2 rings (SSSR count). The van der Waals surface area contributed by atoms with Crippen molar-refractivity contribution in [1.82, 2.24) is 9.97 Å². The number of carbonyl (C=O) groups is 1. The first-order valence-electron chi connectivity index (χ1n) is 9.89. The summed E-state index contributed by atoms with van der Waals surface area (Å²) in [4.78, 5) is 18.0. The Labute approximate surface area is 174 Å². The third-order valence-corrected chi connectivity index (χ3v) is 3.45. The van der Waals surface area contributed by atoms with Crippen molar-refractivity contribution in [3.63, 3.8) is 0 Å². The summed E-state index contributed by atoms with van der Waals surface area (Å²) in [5, 5.41) is 8.59. The molecule has 0 aliphatic rings. The number of H-pyrrole nitrogens is 1. The minimum Gasteiger partial charge on any atom is -0.478 e. The van der Waals surface area contributed by atoms with Gasteiger partial charge in [0, 0.05) is 19.6 Å². The Bertz CT molecular complexity index is 757. The summed E-state index contributed by atoms with van der Waals surface area (Å²) in [5.41, 5.74) is 2.90. The van der Waals surface area contributed by atoms with Crippen LogP contribution < -0.4 is 0 Å². The van der Waals surface area contributed by atoms with Gasteiger partial charge in [-0.2, -0.15) is 0 Å². The van der Waals surface area contributed by atoms with E-state index >= 15 is 0 Å². The number of methoxy groups -OCH3 is 1. The average molecular weight is 399 g/mol. The number of aliphatic carboxylic acids is 1. The van der Waals surface area contributed by atoms with E-state index in [0.717, 1.165) is 35.1 Å². The van der Waals surface area contributed by atoms with E-state index in [1.54, 1.807) is 19.4 Å². The van der Waals surface area contributed by atoms with E-state index in [4.69, 9.17) is 9.84 Å². The third-order valence-electron chi connectivity index (χ3n) is 3.45. The van der Waals surface area contributed by atoms with Crippen LogP contribution in [-0.2, 0) is 16.0 Å². The summed E-state index contributed by atoms with van der Waals surface area (Å²) in [7, 11) is 1.65. The largest absolute Gasteiger partial charge is 0.478 e. The first-order valence-corrected chi connectivity index (χ1v) is 9.89. The molecule has 0 bridgehead atoms. The quantitative estimate of drug-likeness (QED) is 0.438. The van der Waals surface area contributed by atoms with Gasteiger partial charge in [-0.3, -0.25) is 0 Å². The Kier molecular flexibility index (Phi) is 15.5. The maximum atomic E-state index is 10.5. The molecule has 1 aromatic carbocycles. The molecule has 0 radical (unpaired) electrons. The highest BCUT2D eigenvalue weighted by Crippen LogP contribution is 2.10. The minimum atomic E-state index is -0.950. The number of nitrogens with zero attached hydrogens (tertiary/aromatic N) is 1. The van der Waals surface area contributed by atoms with Crippen LogP contribution in [-0.4, -0.2) is 34.8 Å². The Hall–Kier alpha value is -2.92. The molecule has 0 aliphatic heterocycles. The molecule has 0 saturated heterocycles. The van der Waals surface area contributed by atoms with Crippen LogP contribution in [0.25, 0.3) is 12.2 Å². The monoisotopic (exact) mass is 398 g/mol. The van der Waals surface area contributed by atoms with Crippen molar-refractivity contribution >= 4 is 18.1 Å². The van der Waals surface area contributed by atoms with Crippen LogP contribution >= 0.6 is 0 Å². The van der Waals surface area contributed by atoms with E-state index in [9.17, 15) is 4.79 Å². The number of aromatic nitrogens is 2. The number of nitrogens with one attached hydrogen (secondary N) is 1. The van der Waals surface area contributed by atoms with Gasteiger partial charge >= 0.3 is 5.97 Å². The van der Waals surface area contributed by atoms with E-state index < -0.39 is 5.97 Å².